The number of amides is 3. The number of hydrogen-bond acceptors (Lipinski definition) is 5. The van der Waals surface area contributed by atoms with Crippen molar-refractivity contribution in [3.63, 3.8) is 0 Å². The van der Waals surface area contributed by atoms with Crippen LogP contribution in [0.3, 0.4) is 0 Å². The van der Waals surface area contributed by atoms with Gasteiger partial charge >= 0.3 is 6.03 Å². The molecule has 1 heterocycles. The third-order valence-electron chi connectivity index (χ3n) is 5.74. The molecule has 0 radical (unpaired) electrons. The van der Waals surface area contributed by atoms with Crippen molar-refractivity contribution in [2.75, 3.05) is 24.9 Å². The zero-order chi connectivity index (χ0) is 24.8. The van der Waals surface area contributed by atoms with Gasteiger partial charge in [0.25, 0.3) is 5.91 Å². The summed E-state index contributed by atoms with van der Waals surface area (Å²) in [4.78, 5) is 27.5. The summed E-state index contributed by atoms with van der Waals surface area (Å²) in [5, 5.41) is 5.64. The Labute approximate surface area is 204 Å². The molecular weight excluding hydrogens is 446 g/mol. The number of hydrogen-bond donors (Lipinski definition) is 2. The molecular formula is C27H29N3O5. The third kappa shape index (κ3) is 5.84. The number of fused-ring (bicyclic) bond motifs is 1. The number of carbonyl (C=O) groups excluding carboxylic acids is 2. The minimum absolute atomic E-state index is 0.0724. The molecule has 35 heavy (non-hydrogen) atoms. The average molecular weight is 476 g/mol. The zero-order valence-electron chi connectivity index (χ0n) is 20.0. The van der Waals surface area contributed by atoms with Crippen LogP contribution < -0.4 is 24.8 Å². The Balaban J connectivity index is 1.52. The monoisotopic (exact) mass is 475 g/mol. The van der Waals surface area contributed by atoms with E-state index in [2.05, 4.69) is 10.6 Å². The normalized spacial score (nSPS) is 14.9. The van der Waals surface area contributed by atoms with E-state index in [1.165, 1.54) is 0 Å². The van der Waals surface area contributed by atoms with E-state index in [0.717, 1.165) is 16.9 Å². The molecule has 1 aliphatic rings. The Morgan fingerprint density at radius 3 is 2.37 bits per heavy atom. The fourth-order valence-corrected chi connectivity index (χ4v) is 3.96. The van der Waals surface area contributed by atoms with Gasteiger partial charge in [-0.05, 0) is 54.4 Å². The number of rotatable bonds is 7. The molecule has 2 N–H and O–H groups in total. The number of nitrogens with zero attached hydrogens (tertiary/aromatic N) is 1. The van der Waals surface area contributed by atoms with Gasteiger partial charge in [-0.1, -0.05) is 25.1 Å². The summed E-state index contributed by atoms with van der Waals surface area (Å²) in [6, 6.07) is 19.8. The van der Waals surface area contributed by atoms with E-state index >= 15 is 0 Å². The lowest BCUT2D eigenvalue weighted by Crippen LogP contribution is -2.38. The number of methoxy groups -OCH3 is 2. The second kappa shape index (κ2) is 10.8. The van der Waals surface area contributed by atoms with Gasteiger partial charge in [0.15, 0.2) is 6.10 Å². The summed E-state index contributed by atoms with van der Waals surface area (Å²) in [5.74, 6) is 1.95. The van der Waals surface area contributed by atoms with E-state index in [9.17, 15) is 9.59 Å². The van der Waals surface area contributed by atoms with Crippen molar-refractivity contribution in [3.8, 4) is 17.2 Å². The van der Waals surface area contributed by atoms with Crippen molar-refractivity contribution < 1.29 is 23.8 Å². The maximum Gasteiger partial charge on any atom is 0.323 e. The number of nitrogens with one attached hydrogen (secondary N) is 2. The second-order valence-electron chi connectivity index (χ2n) is 8.19. The van der Waals surface area contributed by atoms with Crippen LogP contribution in [-0.2, 0) is 17.9 Å². The molecule has 3 aromatic carbocycles. The molecule has 0 fully saturated rings. The van der Waals surface area contributed by atoms with Crippen LogP contribution in [0.4, 0.5) is 16.2 Å². The molecule has 0 bridgehead atoms. The lowest BCUT2D eigenvalue weighted by molar-refractivity contribution is -0.139. The summed E-state index contributed by atoms with van der Waals surface area (Å²) in [7, 11) is 3.19. The molecule has 8 heteroatoms. The van der Waals surface area contributed by atoms with Crippen LogP contribution in [0.5, 0.6) is 17.2 Å². The van der Waals surface area contributed by atoms with Gasteiger partial charge in [0.2, 0.25) is 0 Å². The van der Waals surface area contributed by atoms with Crippen molar-refractivity contribution in [1.82, 2.24) is 4.90 Å². The van der Waals surface area contributed by atoms with E-state index in [4.69, 9.17) is 14.2 Å². The lowest BCUT2D eigenvalue weighted by atomic mass is 10.1. The summed E-state index contributed by atoms with van der Waals surface area (Å²) < 4.78 is 16.6. The first-order valence-electron chi connectivity index (χ1n) is 11.4. The minimum Gasteiger partial charge on any atom is -0.497 e. The molecule has 3 aromatic rings. The van der Waals surface area contributed by atoms with E-state index in [1.807, 2.05) is 37.3 Å². The van der Waals surface area contributed by atoms with Crippen LogP contribution in [0.25, 0.3) is 0 Å². The third-order valence-corrected chi connectivity index (χ3v) is 5.74. The zero-order valence-corrected chi connectivity index (χ0v) is 20.0. The summed E-state index contributed by atoms with van der Waals surface area (Å²) in [6.45, 7) is 2.70. The fraction of sp³-hybridized carbons (Fsp3) is 0.259. The Morgan fingerprint density at radius 1 is 0.971 bits per heavy atom. The first kappa shape index (κ1) is 23.9. The number of urea groups is 1. The van der Waals surface area contributed by atoms with Crippen LogP contribution in [0.2, 0.25) is 0 Å². The lowest BCUT2D eigenvalue weighted by Gasteiger charge is -2.23. The Morgan fingerprint density at radius 2 is 1.66 bits per heavy atom. The molecule has 0 spiro atoms. The number of benzene rings is 3. The Bertz CT molecular complexity index is 1210. The van der Waals surface area contributed by atoms with Gasteiger partial charge in [0, 0.05) is 36.1 Å². The second-order valence-corrected chi connectivity index (χ2v) is 8.19. The molecule has 3 amide bonds. The van der Waals surface area contributed by atoms with Crippen LogP contribution in [-0.4, -0.2) is 37.2 Å². The largest absolute Gasteiger partial charge is 0.497 e. The van der Waals surface area contributed by atoms with Crippen LogP contribution >= 0.6 is 0 Å². The standard InChI is InChI=1S/C27H29N3O5/c1-4-24-26(31)30(16-18-7-5-9-22(13-18)33-2)17-19-14-21(11-12-25(19)35-24)29-27(32)28-20-8-6-10-23(15-20)34-3/h5-15,24H,4,16-17H2,1-3H3,(H2,28,29,32). The predicted octanol–water partition coefficient (Wildman–Crippen LogP) is 5.05. The first-order chi connectivity index (χ1) is 17.0. The molecule has 0 saturated heterocycles. The highest BCUT2D eigenvalue weighted by atomic mass is 16.5. The number of ether oxygens (including phenoxy) is 3. The molecule has 0 aliphatic carbocycles. The molecule has 4 rings (SSSR count). The summed E-state index contributed by atoms with van der Waals surface area (Å²) in [6.07, 6.45) is -0.0208. The molecule has 8 nitrogen and oxygen atoms in total. The molecule has 1 atom stereocenters. The van der Waals surface area contributed by atoms with Crippen molar-refractivity contribution in [2.24, 2.45) is 0 Å². The van der Waals surface area contributed by atoms with Gasteiger partial charge in [-0.3, -0.25) is 4.79 Å². The van der Waals surface area contributed by atoms with Crippen LogP contribution in [0.1, 0.15) is 24.5 Å². The van der Waals surface area contributed by atoms with Crippen molar-refractivity contribution >= 4 is 23.3 Å². The Kier molecular flexibility index (Phi) is 7.40. The minimum atomic E-state index is -0.572. The number of anilines is 2. The topological polar surface area (TPSA) is 89.1 Å². The van der Waals surface area contributed by atoms with Gasteiger partial charge in [-0.25, -0.2) is 4.79 Å². The maximum atomic E-state index is 13.2. The highest BCUT2D eigenvalue weighted by Crippen LogP contribution is 2.30. The highest BCUT2D eigenvalue weighted by Gasteiger charge is 2.30. The quantitative estimate of drug-likeness (QED) is 0.499. The fourth-order valence-electron chi connectivity index (χ4n) is 3.96. The van der Waals surface area contributed by atoms with Gasteiger partial charge < -0.3 is 29.7 Å². The van der Waals surface area contributed by atoms with Gasteiger partial charge in [0.05, 0.1) is 14.2 Å². The predicted molar refractivity (Wildman–Crippen MR) is 134 cm³/mol. The summed E-state index contributed by atoms with van der Waals surface area (Å²) in [5.41, 5.74) is 2.98. The molecule has 1 unspecified atom stereocenters. The van der Waals surface area contributed by atoms with Gasteiger partial charge in [0.1, 0.15) is 17.2 Å². The van der Waals surface area contributed by atoms with E-state index in [1.54, 1.807) is 55.5 Å². The smallest absolute Gasteiger partial charge is 0.323 e. The van der Waals surface area contributed by atoms with Gasteiger partial charge in [-0.15, -0.1) is 0 Å². The molecule has 1 aliphatic heterocycles. The van der Waals surface area contributed by atoms with Crippen LogP contribution in [0, 0.1) is 0 Å². The van der Waals surface area contributed by atoms with Crippen molar-refractivity contribution in [3.05, 3.63) is 77.9 Å². The molecule has 0 saturated carbocycles. The molecule has 182 valence electrons. The van der Waals surface area contributed by atoms with E-state index < -0.39 is 6.10 Å². The Hall–Kier alpha value is -4.20. The van der Waals surface area contributed by atoms with E-state index in [0.29, 0.717) is 42.4 Å². The van der Waals surface area contributed by atoms with Crippen molar-refractivity contribution in [1.29, 1.82) is 0 Å². The SMILES string of the molecule is CCC1Oc2ccc(NC(=O)Nc3cccc(OC)c3)cc2CN(Cc2cccc(OC)c2)C1=O. The maximum absolute atomic E-state index is 13.2. The van der Waals surface area contributed by atoms with Gasteiger partial charge in [-0.2, -0.15) is 0 Å². The van der Waals surface area contributed by atoms with Crippen molar-refractivity contribution in [2.45, 2.75) is 32.5 Å². The average Bonchev–Trinajstić information content (AvgIpc) is 3.00. The number of carbonyl (C=O) groups is 2. The van der Waals surface area contributed by atoms with Crippen LogP contribution in [0.15, 0.2) is 66.7 Å². The first-order valence-corrected chi connectivity index (χ1v) is 11.4. The van der Waals surface area contributed by atoms with E-state index in [-0.39, 0.29) is 11.9 Å². The molecule has 0 aromatic heterocycles. The highest BCUT2D eigenvalue weighted by molar-refractivity contribution is 6.00. The summed E-state index contributed by atoms with van der Waals surface area (Å²) >= 11 is 0.